The van der Waals surface area contributed by atoms with Gasteiger partial charge in [-0.1, -0.05) is 25.4 Å². The fourth-order valence-electron chi connectivity index (χ4n) is 2.94. The van der Waals surface area contributed by atoms with Crippen LogP contribution in [0.4, 0.5) is 0 Å². The van der Waals surface area contributed by atoms with E-state index in [4.69, 9.17) is 21.1 Å². The molecule has 0 atom stereocenters. The van der Waals surface area contributed by atoms with Crippen LogP contribution in [-0.2, 0) is 6.54 Å². The maximum Gasteiger partial charge on any atom is 0.231 e. The van der Waals surface area contributed by atoms with Gasteiger partial charge in [-0.3, -0.25) is 4.90 Å². The predicted molar refractivity (Wildman–Crippen MR) is 79.8 cm³/mol. The molecule has 1 N–H and O–H groups in total. The van der Waals surface area contributed by atoms with Crippen LogP contribution in [0.5, 0.6) is 11.5 Å². The maximum absolute atomic E-state index is 6.50. The monoisotopic (exact) mass is 296 g/mol. The van der Waals surface area contributed by atoms with Crippen molar-refractivity contribution >= 4 is 11.6 Å². The van der Waals surface area contributed by atoms with E-state index in [1.54, 1.807) is 0 Å². The third kappa shape index (κ3) is 2.60. The van der Waals surface area contributed by atoms with Gasteiger partial charge in [0, 0.05) is 49.4 Å². The Labute approximate surface area is 125 Å². The van der Waals surface area contributed by atoms with E-state index in [0.29, 0.717) is 12.7 Å². The second kappa shape index (κ2) is 5.80. The molecule has 1 saturated heterocycles. The number of benzene rings is 1. The highest BCUT2D eigenvalue weighted by molar-refractivity contribution is 6.31. The van der Waals surface area contributed by atoms with Crippen molar-refractivity contribution in [1.29, 1.82) is 0 Å². The molecule has 0 aromatic heterocycles. The van der Waals surface area contributed by atoms with E-state index in [2.05, 4.69) is 24.1 Å². The fourth-order valence-corrected chi connectivity index (χ4v) is 3.20. The molecule has 0 amide bonds. The zero-order valence-corrected chi connectivity index (χ0v) is 12.8. The summed E-state index contributed by atoms with van der Waals surface area (Å²) in [6.07, 6.45) is 0. The zero-order valence-electron chi connectivity index (χ0n) is 12.0. The van der Waals surface area contributed by atoms with Crippen molar-refractivity contribution in [3.05, 3.63) is 22.2 Å². The number of fused-ring (bicyclic) bond motifs is 1. The summed E-state index contributed by atoms with van der Waals surface area (Å²) < 4.78 is 11.1. The van der Waals surface area contributed by atoms with Crippen LogP contribution in [-0.4, -0.2) is 37.9 Å². The first-order valence-electron chi connectivity index (χ1n) is 7.20. The molecule has 0 spiro atoms. The molecular weight excluding hydrogens is 276 g/mol. The minimum Gasteiger partial charge on any atom is -0.454 e. The van der Waals surface area contributed by atoms with Gasteiger partial charge >= 0.3 is 0 Å². The van der Waals surface area contributed by atoms with E-state index in [9.17, 15) is 0 Å². The van der Waals surface area contributed by atoms with E-state index >= 15 is 0 Å². The van der Waals surface area contributed by atoms with Crippen LogP contribution >= 0.6 is 11.6 Å². The van der Waals surface area contributed by atoms with E-state index < -0.39 is 0 Å². The Hall–Kier alpha value is -0.970. The summed E-state index contributed by atoms with van der Waals surface area (Å²) in [6, 6.07) is 1.90. The highest BCUT2D eigenvalue weighted by Gasteiger charge is 2.26. The number of piperazine rings is 1. The van der Waals surface area contributed by atoms with Crippen molar-refractivity contribution in [3.63, 3.8) is 0 Å². The lowest BCUT2D eigenvalue weighted by Crippen LogP contribution is -2.43. The Morgan fingerprint density at radius 1 is 1.30 bits per heavy atom. The molecular formula is C15H21ClN2O2. The Bertz CT molecular complexity index is 499. The molecule has 2 aliphatic heterocycles. The van der Waals surface area contributed by atoms with Gasteiger partial charge in [-0.2, -0.15) is 0 Å². The average molecular weight is 297 g/mol. The zero-order chi connectivity index (χ0) is 14.1. The third-order valence-electron chi connectivity index (χ3n) is 3.93. The summed E-state index contributed by atoms with van der Waals surface area (Å²) in [5.74, 6) is 2.03. The highest BCUT2D eigenvalue weighted by Crippen LogP contribution is 2.44. The highest BCUT2D eigenvalue weighted by atomic mass is 35.5. The van der Waals surface area contributed by atoms with Crippen LogP contribution in [0.25, 0.3) is 0 Å². The fraction of sp³-hybridized carbons (Fsp3) is 0.600. The summed E-state index contributed by atoms with van der Waals surface area (Å²) >= 11 is 6.50. The van der Waals surface area contributed by atoms with E-state index in [1.807, 2.05) is 6.07 Å². The Morgan fingerprint density at radius 3 is 2.75 bits per heavy atom. The quantitative estimate of drug-likeness (QED) is 0.930. The van der Waals surface area contributed by atoms with Gasteiger partial charge in [-0.05, 0) is 11.5 Å². The number of nitrogens with zero attached hydrogens (tertiary/aromatic N) is 1. The van der Waals surface area contributed by atoms with Crippen LogP contribution in [0, 0.1) is 0 Å². The molecule has 5 heteroatoms. The molecule has 0 aliphatic carbocycles. The number of hydrogen-bond donors (Lipinski definition) is 1. The van der Waals surface area contributed by atoms with Crippen molar-refractivity contribution in [1.82, 2.24) is 10.2 Å². The van der Waals surface area contributed by atoms with Crippen molar-refractivity contribution < 1.29 is 9.47 Å². The molecule has 3 rings (SSSR count). The predicted octanol–water partition coefficient (Wildman–Crippen LogP) is 2.60. The molecule has 0 unspecified atom stereocenters. The molecule has 110 valence electrons. The SMILES string of the molecule is CC(C)c1c(CN2CCNCC2)c(Cl)cc2c1OCO2. The molecule has 0 saturated carbocycles. The molecule has 4 nitrogen and oxygen atoms in total. The lowest BCUT2D eigenvalue weighted by atomic mass is 9.95. The summed E-state index contributed by atoms with van der Waals surface area (Å²) in [5, 5.41) is 4.16. The summed E-state index contributed by atoms with van der Waals surface area (Å²) in [7, 11) is 0. The van der Waals surface area contributed by atoms with Gasteiger partial charge in [0.1, 0.15) is 0 Å². The molecule has 2 heterocycles. The smallest absolute Gasteiger partial charge is 0.231 e. The van der Waals surface area contributed by atoms with Crippen LogP contribution in [0.1, 0.15) is 30.9 Å². The molecule has 1 aromatic carbocycles. The standard InChI is InChI=1S/C15H21ClN2O2/c1-10(2)14-11(8-18-5-3-17-4-6-18)12(16)7-13-15(14)20-9-19-13/h7,10,17H,3-6,8-9H2,1-2H3. The van der Waals surface area contributed by atoms with Gasteiger partial charge in [-0.15, -0.1) is 0 Å². The number of halogens is 1. The van der Waals surface area contributed by atoms with Crippen molar-refractivity contribution in [2.75, 3.05) is 33.0 Å². The van der Waals surface area contributed by atoms with Gasteiger partial charge in [0.25, 0.3) is 0 Å². The second-order valence-corrected chi connectivity index (χ2v) is 6.07. The maximum atomic E-state index is 6.50. The van der Waals surface area contributed by atoms with Crippen molar-refractivity contribution in [2.24, 2.45) is 0 Å². The molecule has 1 fully saturated rings. The Morgan fingerprint density at radius 2 is 2.05 bits per heavy atom. The summed E-state index contributed by atoms with van der Waals surface area (Å²) in [5.41, 5.74) is 2.39. The number of hydrogen-bond acceptors (Lipinski definition) is 4. The first-order chi connectivity index (χ1) is 9.66. The first-order valence-corrected chi connectivity index (χ1v) is 7.58. The molecule has 0 radical (unpaired) electrons. The van der Waals surface area contributed by atoms with E-state index in [-0.39, 0.29) is 0 Å². The van der Waals surface area contributed by atoms with Gasteiger partial charge < -0.3 is 14.8 Å². The van der Waals surface area contributed by atoms with Crippen molar-refractivity contribution in [3.8, 4) is 11.5 Å². The molecule has 2 aliphatic rings. The van der Waals surface area contributed by atoms with E-state index in [1.165, 1.54) is 11.1 Å². The van der Waals surface area contributed by atoms with Gasteiger partial charge in [0.15, 0.2) is 11.5 Å². The number of ether oxygens (including phenoxy) is 2. The number of nitrogens with one attached hydrogen (secondary N) is 1. The molecule has 1 aromatic rings. The largest absolute Gasteiger partial charge is 0.454 e. The average Bonchev–Trinajstić information content (AvgIpc) is 2.87. The summed E-state index contributed by atoms with van der Waals surface area (Å²) in [4.78, 5) is 2.44. The lowest BCUT2D eigenvalue weighted by molar-refractivity contribution is 0.173. The van der Waals surface area contributed by atoms with Crippen LogP contribution in [0.3, 0.4) is 0 Å². The topological polar surface area (TPSA) is 33.7 Å². The minimum absolute atomic E-state index is 0.294. The summed E-state index contributed by atoms with van der Waals surface area (Å²) in [6.45, 7) is 9.72. The Kier molecular flexibility index (Phi) is 4.06. The van der Waals surface area contributed by atoms with E-state index in [0.717, 1.165) is 49.2 Å². The van der Waals surface area contributed by atoms with Gasteiger partial charge in [0.2, 0.25) is 6.79 Å². The first kappa shape index (κ1) is 14.0. The number of rotatable bonds is 3. The molecule has 0 bridgehead atoms. The van der Waals surface area contributed by atoms with Crippen LogP contribution in [0.2, 0.25) is 5.02 Å². The normalized spacial score (nSPS) is 18.8. The lowest BCUT2D eigenvalue weighted by Gasteiger charge is -2.29. The van der Waals surface area contributed by atoms with Crippen LogP contribution < -0.4 is 14.8 Å². The van der Waals surface area contributed by atoms with Gasteiger partial charge in [-0.25, -0.2) is 0 Å². The Balaban J connectivity index is 1.96. The van der Waals surface area contributed by atoms with Crippen LogP contribution in [0.15, 0.2) is 6.07 Å². The van der Waals surface area contributed by atoms with Crippen molar-refractivity contribution in [2.45, 2.75) is 26.3 Å². The third-order valence-corrected chi connectivity index (χ3v) is 4.26. The van der Waals surface area contributed by atoms with Gasteiger partial charge in [0.05, 0.1) is 0 Å². The second-order valence-electron chi connectivity index (χ2n) is 5.67. The molecule has 20 heavy (non-hydrogen) atoms. The minimum atomic E-state index is 0.294.